The topological polar surface area (TPSA) is 50.2 Å². The number of halogens is 1. The molecule has 0 fully saturated rings. The number of carboxylic acids is 1. The summed E-state index contributed by atoms with van der Waals surface area (Å²) < 4.78 is 13.5. The number of benzene rings is 1. The second-order valence-corrected chi connectivity index (χ2v) is 5.53. The molecule has 0 radical (unpaired) electrons. The quantitative estimate of drug-likeness (QED) is 0.870. The van der Waals surface area contributed by atoms with Crippen LogP contribution in [-0.2, 0) is 5.75 Å². The van der Waals surface area contributed by atoms with Crippen molar-refractivity contribution < 1.29 is 14.3 Å². The van der Waals surface area contributed by atoms with Gasteiger partial charge in [-0.15, -0.1) is 11.8 Å². The minimum atomic E-state index is -1.25. The Labute approximate surface area is 120 Å². The molecular formula is C15H14FNO2S. The Morgan fingerprint density at radius 1 is 1.30 bits per heavy atom. The van der Waals surface area contributed by atoms with Gasteiger partial charge in [0.1, 0.15) is 5.82 Å². The largest absolute Gasteiger partial charge is 0.478 e. The maximum Gasteiger partial charge on any atom is 0.338 e. The van der Waals surface area contributed by atoms with Crippen LogP contribution in [0.25, 0.3) is 0 Å². The number of thioether (sulfide) groups is 1. The van der Waals surface area contributed by atoms with Crippen molar-refractivity contribution in [2.24, 2.45) is 0 Å². The zero-order chi connectivity index (χ0) is 14.7. The molecule has 0 aliphatic rings. The average molecular weight is 291 g/mol. The van der Waals surface area contributed by atoms with Gasteiger partial charge in [-0.3, -0.25) is 0 Å². The number of hydrogen-bond donors (Lipinski definition) is 1. The van der Waals surface area contributed by atoms with Gasteiger partial charge in [0, 0.05) is 11.4 Å². The normalized spacial score (nSPS) is 10.6. The van der Waals surface area contributed by atoms with Gasteiger partial charge in [-0.2, -0.15) is 0 Å². The van der Waals surface area contributed by atoms with E-state index in [9.17, 15) is 9.18 Å². The van der Waals surface area contributed by atoms with Crippen molar-refractivity contribution in [3.05, 3.63) is 58.5 Å². The van der Waals surface area contributed by atoms with E-state index in [0.717, 1.165) is 21.8 Å². The first-order chi connectivity index (χ1) is 9.45. The number of aromatic carboxylic acids is 1. The molecule has 5 heteroatoms. The summed E-state index contributed by atoms with van der Waals surface area (Å²) in [6, 6.07) is 8.15. The molecule has 0 spiro atoms. The molecule has 0 saturated carbocycles. The molecule has 0 saturated heterocycles. The fourth-order valence-corrected chi connectivity index (χ4v) is 2.83. The molecule has 20 heavy (non-hydrogen) atoms. The van der Waals surface area contributed by atoms with Crippen molar-refractivity contribution in [2.75, 3.05) is 0 Å². The summed E-state index contributed by atoms with van der Waals surface area (Å²) in [7, 11) is 0. The zero-order valence-corrected chi connectivity index (χ0v) is 12.0. The lowest BCUT2D eigenvalue weighted by Crippen LogP contribution is -2.00. The summed E-state index contributed by atoms with van der Waals surface area (Å²) in [6.45, 7) is 3.93. The molecule has 0 bridgehead atoms. The first-order valence-corrected chi connectivity index (χ1v) is 7.04. The third-order valence-electron chi connectivity index (χ3n) is 2.72. The third kappa shape index (κ3) is 3.57. The molecule has 0 aliphatic carbocycles. The first kappa shape index (κ1) is 14.5. The monoisotopic (exact) mass is 291 g/mol. The van der Waals surface area contributed by atoms with E-state index in [-0.39, 0.29) is 5.56 Å². The van der Waals surface area contributed by atoms with Crippen LogP contribution in [0.2, 0.25) is 0 Å². The van der Waals surface area contributed by atoms with E-state index in [1.807, 2.05) is 26.0 Å². The zero-order valence-electron chi connectivity index (χ0n) is 11.2. The molecule has 0 aliphatic heterocycles. The van der Waals surface area contributed by atoms with E-state index in [1.165, 1.54) is 23.9 Å². The average Bonchev–Trinajstić information content (AvgIpc) is 2.35. The lowest BCUT2D eigenvalue weighted by atomic mass is 10.1. The van der Waals surface area contributed by atoms with Crippen molar-refractivity contribution in [2.45, 2.75) is 24.6 Å². The molecule has 3 nitrogen and oxygen atoms in total. The lowest BCUT2D eigenvalue weighted by molar-refractivity contribution is 0.0692. The van der Waals surface area contributed by atoms with E-state index < -0.39 is 11.8 Å². The van der Waals surface area contributed by atoms with Gasteiger partial charge < -0.3 is 5.11 Å². The van der Waals surface area contributed by atoms with Crippen LogP contribution >= 0.6 is 11.8 Å². The van der Waals surface area contributed by atoms with Crippen LogP contribution < -0.4 is 0 Å². The molecule has 2 rings (SSSR count). The maximum atomic E-state index is 13.5. The number of carboxylic acid groups (broad SMARTS) is 1. The van der Waals surface area contributed by atoms with Crippen LogP contribution in [0.1, 0.15) is 27.2 Å². The maximum absolute atomic E-state index is 13.5. The van der Waals surface area contributed by atoms with Crippen molar-refractivity contribution in [1.82, 2.24) is 4.98 Å². The van der Waals surface area contributed by atoms with Crippen LogP contribution in [0.3, 0.4) is 0 Å². The van der Waals surface area contributed by atoms with Gasteiger partial charge >= 0.3 is 5.97 Å². The van der Waals surface area contributed by atoms with Crippen molar-refractivity contribution in [1.29, 1.82) is 0 Å². The van der Waals surface area contributed by atoms with E-state index >= 15 is 0 Å². The number of aryl methyl sites for hydroxylation is 2. The van der Waals surface area contributed by atoms with Gasteiger partial charge in [-0.05, 0) is 49.2 Å². The molecule has 1 heterocycles. The molecule has 0 unspecified atom stereocenters. The highest BCUT2D eigenvalue weighted by molar-refractivity contribution is 7.98. The summed E-state index contributed by atoms with van der Waals surface area (Å²) >= 11 is 1.50. The van der Waals surface area contributed by atoms with Crippen molar-refractivity contribution in [3.8, 4) is 0 Å². The Morgan fingerprint density at radius 3 is 2.65 bits per heavy atom. The fraction of sp³-hybridized carbons (Fsp3) is 0.200. The van der Waals surface area contributed by atoms with Crippen LogP contribution in [0.4, 0.5) is 4.39 Å². The Bertz CT molecular complexity index is 638. The Hall–Kier alpha value is -1.88. The highest BCUT2D eigenvalue weighted by Crippen LogP contribution is 2.23. The van der Waals surface area contributed by atoms with E-state index in [4.69, 9.17) is 5.11 Å². The summed E-state index contributed by atoms with van der Waals surface area (Å²) in [5.74, 6) is -1.41. The summed E-state index contributed by atoms with van der Waals surface area (Å²) in [6.07, 6.45) is 0. The van der Waals surface area contributed by atoms with E-state index in [1.54, 1.807) is 6.07 Å². The highest BCUT2D eigenvalue weighted by atomic mass is 32.2. The number of pyridine rings is 1. The van der Waals surface area contributed by atoms with Crippen LogP contribution in [0, 0.1) is 19.7 Å². The minimum Gasteiger partial charge on any atom is -0.478 e. The first-order valence-electron chi connectivity index (χ1n) is 6.05. The number of aromatic nitrogens is 1. The smallest absolute Gasteiger partial charge is 0.338 e. The molecule has 1 aromatic heterocycles. The van der Waals surface area contributed by atoms with Gasteiger partial charge in [-0.25, -0.2) is 14.2 Å². The SMILES string of the molecule is Cc1cc(C)nc(SCc2ccc(C(=O)O)c(F)c2)c1. The van der Waals surface area contributed by atoms with Crippen molar-refractivity contribution >= 4 is 17.7 Å². The summed E-state index contributed by atoms with van der Waals surface area (Å²) in [4.78, 5) is 15.1. The van der Waals surface area contributed by atoms with Gasteiger partial charge in [0.05, 0.1) is 10.6 Å². The molecule has 104 valence electrons. The lowest BCUT2D eigenvalue weighted by Gasteiger charge is -2.05. The predicted molar refractivity (Wildman–Crippen MR) is 76.6 cm³/mol. The second kappa shape index (κ2) is 6.05. The van der Waals surface area contributed by atoms with E-state index in [2.05, 4.69) is 4.98 Å². The molecule has 0 atom stereocenters. The number of carbonyl (C=O) groups is 1. The van der Waals surface area contributed by atoms with Crippen molar-refractivity contribution in [3.63, 3.8) is 0 Å². The minimum absolute atomic E-state index is 0.303. The van der Waals surface area contributed by atoms with E-state index in [0.29, 0.717) is 5.75 Å². The summed E-state index contributed by atoms with van der Waals surface area (Å²) in [5, 5.41) is 9.65. The fourth-order valence-electron chi connectivity index (χ4n) is 1.86. The molecule has 1 aromatic carbocycles. The number of hydrogen-bond acceptors (Lipinski definition) is 3. The summed E-state index contributed by atoms with van der Waals surface area (Å²) in [5.41, 5.74) is 2.51. The standard InChI is InChI=1S/C15H14FNO2S/c1-9-5-10(2)17-14(6-9)20-8-11-3-4-12(15(18)19)13(16)7-11/h3-7H,8H2,1-2H3,(H,18,19). The van der Waals surface area contributed by atoms with Gasteiger partial charge in [0.25, 0.3) is 0 Å². The Kier molecular flexibility index (Phi) is 4.39. The number of nitrogens with zero attached hydrogens (tertiary/aromatic N) is 1. The predicted octanol–water partition coefficient (Wildman–Crippen LogP) is 3.83. The van der Waals surface area contributed by atoms with Gasteiger partial charge in [-0.1, -0.05) is 6.07 Å². The highest BCUT2D eigenvalue weighted by Gasteiger charge is 2.10. The van der Waals surface area contributed by atoms with Gasteiger partial charge in [0.15, 0.2) is 0 Å². The molecule has 0 amide bonds. The Balaban J connectivity index is 2.11. The molecular weight excluding hydrogens is 277 g/mol. The molecule has 1 N–H and O–H groups in total. The van der Waals surface area contributed by atoms with Gasteiger partial charge in [0.2, 0.25) is 0 Å². The third-order valence-corrected chi connectivity index (χ3v) is 3.71. The Morgan fingerprint density at radius 2 is 2.05 bits per heavy atom. The molecule has 2 aromatic rings. The number of rotatable bonds is 4. The second-order valence-electron chi connectivity index (χ2n) is 4.53. The van der Waals surface area contributed by atoms with Crippen LogP contribution in [-0.4, -0.2) is 16.1 Å². The van der Waals surface area contributed by atoms with Crippen LogP contribution in [0.15, 0.2) is 35.4 Å². The van der Waals surface area contributed by atoms with Crippen LogP contribution in [0.5, 0.6) is 0 Å².